The zero-order valence-corrected chi connectivity index (χ0v) is 20.1. The highest BCUT2D eigenvalue weighted by Crippen LogP contribution is 2.23. The van der Waals surface area contributed by atoms with Crippen molar-refractivity contribution >= 4 is 23.9 Å². The van der Waals surface area contributed by atoms with E-state index < -0.39 is 48.2 Å². The molecule has 0 aromatic heterocycles. The van der Waals surface area contributed by atoms with Gasteiger partial charge in [-0.2, -0.15) is 0 Å². The largest absolute Gasteiger partial charge is 0.468 e. The van der Waals surface area contributed by atoms with Crippen molar-refractivity contribution in [3.63, 3.8) is 0 Å². The van der Waals surface area contributed by atoms with Gasteiger partial charge >= 0.3 is 12.1 Å². The fourth-order valence-electron chi connectivity index (χ4n) is 3.01. The van der Waals surface area contributed by atoms with Crippen LogP contribution in [0.4, 0.5) is 4.79 Å². The third kappa shape index (κ3) is 9.09. The van der Waals surface area contributed by atoms with Gasteiger partial charge in [0.2, 0.25) is 11.8 Å². The van der Waals surface area contributed by atoms with E-state index in [1.807, 2.05) is 19.1 Å². The number of carbonyl (C=O) groups is 4. The molecule has 10 heteroatoms. The summed E-state index contributed by atoms with van der Waals surface area (Å²) in [5.41, 5.74) is 0.767. The van der Waals surface area contributed by atoms with Gasteiger partial charge in [0.15, 0.2) is 0 Å². The molecular weight excluding hydrogens is 430 g/mol. The quantitative estimate of drug-likeness (QED) is 0.444. The highest BCUT2D eigenvalue weighted by Gasteiger charge is 2.34. The van der Waals surface area contributed by atoms with E-state index in [-0.39, 0.29) is 13.1 Å². The Morgan fingerprint density at radius 1 is 1.12 bits per heavy atom. The number of hydrogen-bond donors (Lipinski definition) is 3. The summed E-state index contributed by atoms with van der Waals surface area (Å²) < 4.78 is 9.75. The third-order valence-electron chi connectivity index (χ3n) is 4.63. The molecule has 0 heterocycles. The number of ether oxygens (including phenoxy) is 2. The SMILES string of the molecule is CCc1ccc(C(C(=O)NCC(=O)OC)N(CCO)C(=O)C(C)NC(=O)OC(C)(C)C)cc1. The Bertz CT molecular complexity index is 818. The number of methoxy groups -OCH3 is 1. The van der Waals surface area contributed by atoms with E-state index >= 15 is 0 Å². The van der Waals surface area contributed by atoms with Crippen molar-refractivity contribution in [2.24, 2.45) is 0 Å². The van der Waals surface area contributed by atoms with Gasteiger partial charge in [0.1, 0.15) is 24.2 Å². The van der Waals surface area contributed by atoms with E-state index in [0.717, 1.165) is 16.9 Å². The van der Waals surface area contributed by atoms with E-state index in [4.69, 9.17) is 4.74 Å². The highest BCUT2D eigenvalue weighted by molar-refractivity contribution is 5.93. The summed E-state index contributed by atoms with van der Waals surface area (Å²) in [4.78, 5) is 51.1. The van der Waals surface area contributed by atoms with Crippen molar-refractivity contribution in [1.82, 2.24) is 15.5 Å². The number of alkyl carbamates (subject to hydrolysis) is 1. The molecule has 0 bridgehead atoms. The van der Waals surface area contributed by atoms with Crippen LogP contribution in [0.25, 0.3) is 0 Å². The van der Waals surface area contributed by atoms with Gasteiger partial charge < -0.3 is 30.1 Å². The van der Waals surface area contributed by atoms with Gasteiger partial charge in [-0.15, -0.1) is 0 Å². The summed E-state index contributed by atoms with van der Waals surface area (Å²) in [5.74, 6) is -1.88. The summed E-state index contributed by atoms with van der Waals surface area (Å²) in [6, 6.07) is 4.90. The first-order chi connectivity index (χ1) is 15.4. The summed E-state index contributed by atoms with van der Waals surface area (Å²) in [5, 5.41) is 14.5. The van der Waals surface area contributed by atoms with Crippen molar-refractivity contribution in [3.8, 4) is 0 Å². The van der Waals surface area contributed by atoms with Gasteiger partial charge in [-0.25, -0.2) is 4.79 Å². The van der Waals surface area contributed by atoms with Crippen LogP contribution >= 0.6 is 0 Å². The minimum Gasteiger partial charge on any atom is -0.468 e. The van der Waals surface area contributed by atoms with Crippen LogP contribution in [-0.2, 0) is 30.3 Å². The average Bonchev–Trinajstić information content (AvgIpc) is 2.75. The number of rotatable bonds is 10. The molecule has 0 aliphatic rings. The number of esters is 1. The number of nitrogens with one attached hydrogen (secondary N) is 2. The van der Waals surface area contributed by atoms with Crippen molar-refractivity contribution in [1.29, 1.82) is 0 Å². The molecule has 0 saturated carbocycles. The highest BCUT2D eigenvalue weighted by atomic mass is 16.6. The average molecular weight is 466 g/mol. The van der Waals surface area contributed by atoms with E-state index in [9.17, 15) is 24.3 Å². The van der Waals surface area contributed by atoms with Crippen LogP contribution in [0.2, 0.25) is 0 Å². The maximum Gasteiger partial charge on any atom is 0.408 e. The topological polar surface area (TPSA) is 134 Å². The Hall–Kier alpha value is -3.14. The van der Waals surface area contributed by atoms with Gasteiger partial charge in [-0.3, -0.25) is 14.4 Å². The molecule has 0 saturated heterocycles. The van der Waals surface area contributed by atoms with Crippen LogP contribution in [0.1, 0.15) is 51.8 Å². The molecule has 33 heavy (non-hydrogen) atoms. The lowest BCUT2D eigenvalue weighted by molar-refractivity contribution is -0.145. The minimum atomic E-state index is -1.15. The molecular formula is C23H35N3O7. The molecule has 0 aliphatic carbocycles. The van der Waals surface area contributed by atoms with Crippen molar-refractivity contribution in [3.05, 3.63) is 35.4 Å². The van der Waals surface area contributed by atoms with Crippen LogP contribution in [0.3, 0.4) is 0 Å². The molecule has 2 atom stereocenters. The molecule has 184 valence electrons. The smallest absolute Gasteiger partial charge is 0.408 e. The monoisotopic (exact) mass is 465 g/mol. The molecule has 1 aromatic rings. The number of benzene rings is 1. The first kappa shape index (κ1) is 27.9. The lowest BCUT2D eigenvalue weighted by Crippen LogP contribution is -2.53. The molecule has 1 aromatic carbocycles. The fourth-order valence-corrected chi connectivity index (χ4v) is 3.01. The Balaban J connectivity index is 3.23. The van der Waals surface area contributed by atoms with Crippen LogP contribution in [0, 0.1) is 0 Å². The summed E-state index contributed by atoms with van der Waals surface area (Å²) in [6.07, 6.45) is 0.00147. The Morgan fingerprint density at radius 2 is 1.73 bits per heavy atom. The standard InChI is InChI=1S/C23H35N3O7/c1-7-16-8-10-17(11-9-16)19(20(29)24-14-18(28)32-6)26(12-13-27)21(30)15(2)25-22(31)33-23(3,4)5/h8-11,15,19,27H,7,12-14H2,1-6H3,(H,24,29)(H,25,31). The predicted molar refractivity (Wildman–Crippen MR) is 121 cm³/mol. The van der Waals surface area contributed by atoms with Gasteiger partial charge in [0.05, 0.1) is 13.7 Å². The zero-order valence-electron chi connectivity index (χ0n) is 20.1. The maximum absolute atomic E-state index is 13.2. The van der Waals surface area contributed by atoms with Gasteiger partial charge in [0, 0.05) is 6.54 Å². The van der Waals surface area contributed by atoms with Crippen LogP contribution in [0.5, 0.6) is 0 Å². The molecule has 3 N–H and O–H groups in total. The van der Waals surface area contributed by atoms with Gasteiger partial charge in [-0.05, 0) is 45.2 Å². The minimum absolute atomic E-state index is 0.176. The number of hydrogen-bond acceptors (Lipinski definition) is 7. The number of carbonyl (C=O) groups excluding carboxylic acids is 4. The Labute approximate surface area is 194 Å². The van der Waals surface area contributed by atoms with Gasteiger partial charge in [0.25, 0.3) is 0 Å². The molecule has 0 radical (unpaired) electrons. The van der Waals surface area contributed by atoms with Crippen molar-refractivity contribution in [2.45, 2.75) is 58.7 Å². The van der Waals surface area contributed by atoms with E-state index in [1.165, 1.54) is 14.0 Å². The first-order valence-electron chi connectivity index (χ1n) is 10.8. The molecule has 2 unspecified atom stereocenters. The maximum atomic E-state index is 13.2. The van der Waals surface area contributed by atoms with Gasteiger partial charge in [-0.1, -0.05) is 31.2 Å². The second kappa shape index (κ2) is 12.8. The number of amides is 3. The summed E-state index contributed by atoms with van der Waals surface area (Å²) in [6.45, 7) is 7.55. The van der Waals surface area contributed by atoms with Crippen LogP contribution in [-0.4, -0.2) is 72.3 Å². The van der Waals surface area contributed by atoms with E-state index in [1.54, 1.807) is 32.9 Å². The lowest BCUT2D eigenvalue weighted by Gasteiger charge is -2.33. The predicted octanol–water partition coefficient (Wildman–Crippen LogP) is 1.31. The molecule has 0 aliphatic heterocycles. The number of aryl methyl sites for hydroxylation is 1. The number of nitrogens with zero attached hydrogens (tertiary/aromatic N) is 1. The van der Waals surface area contributed by atoms with Crippen LogP contribution in [0.15, 0.2) is 24.3 Å². The van der Waals surface area contributed by atoms with E-state index in [2.05, 4.69) is 15.4 Å². The number of aliphatic hydroxyl groups excluding tert-OH is 1. The third-order valence-corrected chi connectivity index (χ3v) is 4.63. The van der Waals surface area contributed by atoms with E-state index in [0.29, 0.717) is 5.56 Å². The Morgan fingerprint density at radius 3 is 2.21 bits per heavy atom. The van der Waals surface area contributed by atoms with Crippen molar-refractivity contribution in [2.75, 3.05) is 26.8 Å². The first-order valence-corrected chi connectivity index (χ1v) is 10.8. The number of aliphatic hydroxyl groups is 1. The molecule has 0 spiro atoms. The molecule has 10 nitrogen and oxygen atoms in total. The molecule has 0 fully saturated rings. The summed E-state index contributed by atoms with van der Waals surface area (Å²) in [7, 11) is 1.20. The second-order valence-corrected chi connectivity index (χ2v) is 8.41. The molecule has 3 amide bonds. The van der Waals surface area contributed by atoms with Crippen molar-refractivity contribution < 1.29 is 33.8 Å². The zero-order chi connectivity index (χ0) is 25.2. The Kier molecular flexibility index (Phi) is 10.8. The summed E-state index contributed by atoms with van der Waals surface area (Å²) >= 11 is 0. The normalized spacial score (nSPS) is 12.8. The fraction of sp³-hybridized carbons (Fsp3) is 0.565. The second-order valence-electron chi connectivity index (χ2n) is 8.41. The molecule has 1 rings (SSSR count). The van der Waals surface area contributed by atoms with Crippen LogP contribution < -0.4 is 10.6 Å². The lowest BCUT2D eigenvalue weighted by atomic mass is 10.0.